The van der Waals surface area contributed by atoms with Gasteiger partial charge in [0.1, 0.15) is 0 Å². The zero-order valence-corrected chi connectivity index (χ0v) is 15.0. The second kappa shape index (κ2) is 9.67. The molecular weight excluding hydrogens is 324 g/mol. The van der Waals surface area contributed by atoms with Gasteiger partial charge in [0.25, 0.3) is 0 Å². The molecule has 24 heavy (non-hydrogen) atoms. The van der Waals surface area contributed by atoms with Crippen LogP contribution in [-0.2, 0) is 9.84 Å². The van der Waals surface area contributed by atoms with E-state index in [-0.39, 0.29) is 17.8 Å². The monoisotopic (exact) mass is 352 g/mol. The first-order chi connectivity index (χ1) is 11.6. The van der Waals surface area contributed by atoms with Crippen molar-refractivity contribution in [3.63, 3.8) is 0 Å². The molecule has 0 heterocycles. The summed E-state index contributed by atoms with van der Waals surface area (Å²) in [4.78, 5) is 12.3. The third-order valence-electron chi connectivity index (χ3n) is 4.42. The number of amides is 2. The van der Waals surface area contributed by atoms with Gasteiger partial charge in [-0.15, -0.1) is 0 Å². The standard InChI is InChI=1S/C18H28N2O3S/c21-18(20-16-10-5-2-1-3-6-11-16)19-14-9-15-24(22,23)17-12-7-4-8-13-17/h4,7-8,12-13,16H,1-3,5-6,9-11,14-15H2,(H2,19,20,21). The summed E-state index contributed by atoms with van der Waals surface area (Å²) >= 11 is 0. The van der Waals surface area contributed by atoms with Gasteiger partial charge in [0.05, 0.1) is 10.6 Å². The predicted molar refractivity (Wildman–Crippen MR) is 95.8 cm³/mol. The maximum atomic E-state index is 12.1. The molecule has 134 valence electrons. The maximum Gasteiger partial charge on any atom is 0.315 e. The number of benzene rings is 1. The molecule has 0 aromatic heterocycles. The smallest absolute Gasteiger partial charge is 0.315 e. The van der Waals surface area contributed by atoms with E-state index >= 15 is 0 Å². The first kappa shape index (κ1) is 18.8. The van der Waals surface area contributed by atoms with Crippen LogP contribution in [-0.4, -0.2) is 32.8 Å². The van der Waals surface area contributed by atoms with Crippen molar-refractivity contribution in [1.82, 2.24) is 10.6 Å². The highest BCUT2D eigenvalue weighted by molar-refractivity contribution is 7.91. The molecule has 1 aromatic rings. The molecular formula is C18H28N2O3S. The van der Waals surface area contributed by atoms with Gasteiger partial charge in [0.15, 0.2) is 9.84 Å². The highest BCUT2D eigenvalue weighted by Crippen LogP contribution is 2.17. The Balaban J connectivity index is 1.67. The van der Waals surface area contributed by atoms with Crippen molar-refractivity contribution in [2.45, 2.75) is 62.3 Å². The molecule has 6 heteroatoms. The fourth-order valence-electron chi connectivity index (χ4n) is 3.05. The van der Waals surface area contributed by atoms with Crippen LogP contribution in [0.2, 0.25) is 0 Å². The fourth-order valence-corrected chi connectivity index (χ4v) is 4.38. The van der Waals surface area contributed by atoms with E-state index < -0.39 is 9.84 Å². The summed E-state index contributed by atoms with van der Waals surface area (Å²) in [6, 6.07) is 8.49. The summed E-state index contributed by atoms with van der Waals surface area (Å²) in [6.07, 6.45) is 8.62. The molecule has 0 saturated heterocycles. The van der Waals surface area contributed by atoms with Gasteiger partial charge >= 0.3 is 6.03 Å². The molecule has 1 aliphatic carbocycles. The van der Waals surface area contributed by atoms with Gasteiger partial charge in [-0.3, -0.25) is 0 Å². The van der Waals surface area contributed by atoms with Crippen LogP contribution in [0.25, 0.3) is 0 Å². The maximum absolute atomic E-state index is 12.1. The highest BCUT2D eigenvalue weighted by atomic mass is 32.2. The van der Waals surface area contributed by atoms with Gasteiger partial charge in [-0.25, -0.2) is 13.2 Å². The van der Waals surface area contributed by atoms with E-state index in [1.165, 1.54) is 32.1 Å². The molecule has 1 saturated carbocycles. The topological polar surface area (TPSA) is 75.3 Å². The van der Waals surface area contributed by atoms with Gasteiger partial charge in [-0.05, 0) is 31.4 Å². The molecule has 0 aliphatic heterocycles. The summed E-state index contributed by atoms with van der Waals surface area (Å²) in [5, 5.41) is 5.79. The third kappa shape index (κ3) is 6.51. The molecule has 0 bridgehead atoms. The first-order valence-corrected chi connectivity index (χ1v) is 10.6. The van der Waals surface area contributed by atoms with E-state index in [4.69, 9.17) is 0 Å². The Kier molecular flexibility index (Phi) is 7.56. The molecule has 0 atom stereocenters. The Morgan fingerprint density at radius 1 is 1.00 bits per heavy atom. The number of sulfone groups is 1. The Labute approximate surface area is 145 Å². The molecule has 1 aliphatic rings. The predicted octanol–water partition coefficient (Wildman–Crippen LogP) is 3.26. The molecule has 0 spiro atoms. The fraction of sp³-hybridized carbons (Fsp3) is 0.611. The molecule has 2 amide bonds. The summed E-state index contributed by atoms with van der Waals surface area (Å²) in [7, 11) is -3.27. The van der Waals surface area contributed by atoms with Crippen LogP contribution >= 0.6 is 0 Å². The Hall–Kier alpha value is -1.56. The minimum Gasteiger partial charge on any atom is -0.338 e. The molecule has 1 fully saturated rings. The van der Waals surface area contributed by atoms with E-state index in [9.17, 15) is 13.2 Å². The van der Waals surface area contributed by atoms with E-state index in [1.807, 2.05) is 0 Å². The Morgan fingerprint density at radius 3 is 2.29 bits per heavy atom. The van der Waals surface area contributed by atoms with Gasteiger partial charge in [-0.1, -0.05) is 50.3 Å². The number of nitrogens with one attached hydrogen (secondary N) is 2. The summed E-state index contributed by atoms with van der Waals surface area (Å²) in [5.74, 6) is 0.0424. The molecule has 2 N–H and O–H groups in total. The minimum absolute atomic E-state index is 0.0424. The zero-order chi connectivity index (χ0) is 17.3. The van der Waals surface area contributed by atoms with Crippen LogP contribution in [0.4, 0.5) is 4.79 Å². The number of hydrogen-bond donors (Lipinski definition) is 2. The Bertz CT molecular complexity index is 594. The van der Waals surface area contributed by atoms with Crippen molar-refractivity contribution in [1.29, 1.82) is 0 Å². The largest absolute Gasteiger partial charge is 0.338 e. The number of rotatable bonds is 6. The molecule has 0 radical (unpaired) electrons. The number of urea groups is 1. The molecule has 5 nitrogen and oxygen atoms in total. The summed E-state index contributed by atoms with van der Waals surface area (Å²) in [5.41, 5.74) is 0. The average Bonchev–Trinajstić information content (AvgIpc) is 2.55. The number of carbonyl (C=O) groups excluding carboxylic acids is 1. The normalized spacial score (nSPS) is 16.8. The molecule has 0 unspecified atom stereocenters. The van der Waals surface area contributed by atoms with Crippen molar-refractivity contribution >= 4 is 15.9 Å². The van der Waals surface area contributed by atoms with Crippen LogP contribution in [0.3, 0.4) is 0 Å². The number of carbonyl (C=O) groups is 1. The molecule has 2 rings (SSSR count). The first-order valence-electron chi connectivity index (χ1n) is 8.90. The quantitative estimate of drug-likeness (QED) is 0.772. The van der Waals surface area contributed by atoms with Crippen molar-refractivity contribution in [2.24, 2.45) is 0 Å². The minimum atomic E-state index is -3.27. The van der Waals surface area contributed by atoms with Gasteiger partial charge in [0.2, 0.25) is 0 Å². The van der Waals surface area contributed by atoms with Crippen molar-refractivity contribution < 1.29 is 13.2 Å². The number of hydrogen-bond acceptors (Lipinski definition) is 3. The van der Waals surface area contributed by atoms with E-state index in [0.717, 1.165) is 12.8 Å². The summed E-state index contributed by atoms with van der Waals surface area (Å²) < 4.78 is 24.3. The van der Waals surface area contributed by atoms with Crippen LogP contribution in [0, 0.1) is 0 Å². The van der Waals surface area contributed by atoms with Crippen LogP contribution < -0.4 is 10.6 Å². The van der Waals surface area contributed by atoms with E-state index in [0.29, 0.717) is 17.9 Å². The van der Waals surface area contributed by atoms with E-state index in [2.05, 4.69) is 10.6 Å². The zero-order valence-electron chi connectivity index (χ0n) is 14.2. The SMILES string of the molecule is O=C(NCCCS(=O)(=O)c1ccccc1)NC1CCCCCCC1. The lowest BCUT2D eigenvalue weighted by Gasteiger charge is -2.21. The molecule has 1 aromatic carbocycles. The van der Waals surface area contributed by atoms with Crippen molar-refractivity contribution in [2.75, 3.05) is 12.3 Å². The summed E-state index contributed by atoms with van der Waals surface area (Å²) in [6.45, 7) is 0.366. The van der Waals surface area contributed by atoms with Crippen LogP contribution in [0.5, 0.6) is 0 Å². The lowest BCUT2D eigenvalue weighted by molar-refractivity contribution is 0.234. The van der Waals surface area contributed by atoms with Crippen LogP contribution in [0.15, 0.2) is 35.2 Å². The second-order valence-electron chi connectivity index (χ2n) is 6.43. The van der Waals surface area contributed by atoms with Crippen LogP contribution in [0.1, 0.15) is 51.4 Å². The van der Waals surface area contributed by atoms with Gasteiger partial charge < -0.3 is 10.6 Å². The average molecular weight is 353 g/mol. The van der Waals surface area contributed by atoms with Crippen molar-refractivity contribution in [3.8, 4) is 0 Å². The van der Waals surface area contributed by atoms with Gasteiger partial charge in [0, 0.05) is 12.6 Å². The van der Waals surface area contributed by atoms with Gasteiger partial charge in [-0.2, -0.15) is 0 Å². The lowest BCUT2D eigenvalue weighted by Crippen LogP contribution is -2.42. The highest BCUT2D eigenvalue weighted by Gasteiger charge is 2.15. The van der Waals surface area contributed by atoms with E-state index in [1.54, 1.807) is 30.3 Å². The lowest BCUT2D eigenvalue weighted by atomic mass is 9.97. The second-order valence-corrected chi connectivity index (χ2v) is 8.54. The Morgan fingerprint density at radius 2 is 1.62 bits per heavy atom. The third-order valence-corrected chi connectivity index (χ3v) is 6.23. The van der Waals surface area contributed by atoms with Crippen molar-refractivity contribution in [3.05, 3.63) is 30.3 Å².